The number of aromatic nitrogens is 1. The summed E-state index contributed by atoms with van der Waals surface area (Å²) in [6.45, 7) is 2.86. The molecule has 2 heterocycles. The Kier molecular flexibility index (Phi) is 6.72. The fraction of sp³-hybridized carbons (Fsp3) is 0.692. The highest BCUT2D eigenvalue weighted by Gasteiger charge is 2.57. The molecule has 3 rings (SSSR count). The highest BCUT2D eigenvalue weighted by atomic mass is 35.5. The van der Waals surface area contributed by atoms with Crippen molar-refractivity contribution in [2.45, 2.75) is 25.7 Å². The van der Waals surface area contributed by atoms with Gasteiger partial charge in [-0.1, -0.05) is 0 Å². The Morgan fingerprint density at radius 1 is 1.45 bits per heavy atom. The molecule has 1 aromatic rings. The van der Waals surface area contributed by atoms with Gasteiger partial charge in [0.15, 0.2) is 0 Å². The summed E-state index contributed by atoms with van der Waals surface area (Å²) in [5.41, 5.74) is 0.344. The van der Waals surface area contributed by atoms with Crippen molar-refractivity contribution in [1.82, 2.24) is 15.6 Å². The average molecular weight is 338 g/mol. The Morgan fingerprint density at radius 3 is 2.85 bits per heavy atom. The summed E-state index contributed by atoms with van der Waals surface area (Å²) in [6, 6.07) is 0. The van der Waals surface area contributed by atoms with Gasteiger partial charge in [0, 0.05) is 30.5 Å². The molecule has 0 bridgehead atoms. The first-order valence-electron chi connectivity index (χ1n) is 6.67. The molecule has 7 heteroatoms. The second-order valence-corrected chi connectivity index (χ2v) is 6.32. The van der Waals surface area contributed by atoms with Gasteiger partial charge in [0.1, 0.15) is 0 Å². The Morgan fingerprint density at radius 2 is 2.20 bits per heavy atom. The van der Waals surface area contributed by atoms with Crippen molar-refractivity contribution in [2.24, 2.45) is 11.3 Å². The normalized spacial score (nSPS) is 22.5. The number of carbonyl (C=O) groups is 1. The molecular formula is C13H21Cl2N3OS. The van der Waals surface area contributed by atoms with Gasteiger partial charge >= 0.3 is 0 Å². The summed E-state index contributed by atoms with van der Waals surface area (Å²) in [6.07, 6.45) is 6.09. The van der Waals surface area contributed by atoms with Crippen LogP contribution in [-0.4, -0.2) is 30.5 Å². The number of amides is 1. The fourth-order valence-electron chi connectivity index (χ4n) is 2.99. The first-order valence-corrected chi connectivity index (χ1v) is 7.55. The third kappa shape index (κ3) is 3.85. The summed E-state index contributed by atoms with van der Waals surface area (Å²) >= 11 is 1.65. The molecule has 1 spiro atoms. The molecule has 1 aliphatic carbocycles. The van der Waals surface area contributed by atoms with Crippen LogP contribution in [0, 0.1) is 11.3 Å². The van der Waals surface area contributed by atoms with Crippen molar-refractivity contribution in [2.75, 3.05) is 19.6 Å². The van der Waals surface area contributed by atoms with E-state index in [9.17, 15) is 4.79 Å². The van der Waals surface area contributed by atoms with Gasteiger partial charge in [-0.3, -0.25) is 4.79 Å². The lowest BCUT2D eigenvalue weighted by Gasteiger charge is -2.23. The van der Waals surface area contributed by atoms with Crippen LogP contribution < -0.4 is 10.6 Å². The summed E-state index contributed by atoms with van der Waals surface area (Å²) in [4.78, 5) is 16.3. The maximum absolute atomic E-state index is 12.1. The summed E-state index contributed by atoms with van der Waals surface area (Å²) in [5, 5.41) is 9.50. The lowest BCUT2D eigenvalue weighted by molar-refractivity contribution is -0.123. The molecule has 114 valence electrons. The van der Waals surface area contributed by atoms with E-state index in [1.54, 1.807) is 11.3 Å². The average Bonchev–Trinajstić information content (AvgIpc) is 2.85. The van der Waals surface area contributed by atoms with Crippen LogP contribution in [0.3, 0.4) is 0 Å². The number of nitrogens with one attached hydrogen (secondary N) is 2. The van der Waals surface area contributed by atoms with E-state index in [0.29, 0.717) is 5.41 Å². The van der Waals surface area contributed by atoms with Crippen LogP contribution in [0.15, 0.2) is 11.6 Å². The second kappa shape index (κ2) is 7.59. The smallest absolute Gasteiger partial charge is 0.223 e. The van der Waals surface area contributed by atoms with E-state index in [1.165, 1.54) is 0 Å². The molecule has 2 aliphatic rings. The van der Waals surface area contributed by atoms with Gasteiger partial charge in [-0.2, -0.15) is 0 Å². The van der Waals surface area contributed by atoms with Gasteiger partial charge in [0.2, 0.25) is 5.91 Å². The van der Waals surface area contributed by atoms with Crippen LogP contribution in [0.1, 0.15) is 24.3 Å². The fourth-order valence-corrected chi connectivity index (χ4v) is 3.61. The van der Waals surface area contributed by atoms with Gasteiger partial charge in [-0.25, -0.2) is 4.98 Å². The molecule has 20 heavy (non-hydrogen) atoms. The Labute approximate surface area is 135 Å². The quantitative estimate of drug-likeness (QED) is 0.883. The molecule has 1 unspecified atom stereocenters. The topological polar surface area (TPSA) is 54.0 Å². The van der Waals surface area contributed by atoms with E-state index in [0.717, 1.165) is 50.3 Å². The molecule has 0 radical (unpaired) electrons. The number of hydrogen-bond acceptors (Lipinski definition) is 4. The third-order valence-corrected chi connectivity index (χ3v) is 5.07. The predicted molar refractivity (Wildman–Crippen MR) is 86.0 cm³/mol. The molecule has 2 N–H and O–H groups in total. The molecule has 0 aromatic carbocycles. The van der Waals surface area contributed by atoms with Crippen LogP contribution in [0.25, 0.3) is 0 Å². The number of piperidine rings is 1. The number of hydrogen-bond donors (Lipinski definition) is 2. The van der Waals surface area contributed by atoms with Crippen molar-refractivity contribution in [3.05, 3.63) is 16.6 Å². The maximum atomic E-state index is 12.1. The van der Waals surface area contributed by atoms with E-state index in [-0.39, 0.29) is 36.6 Å². The van der Waals surface area contributed by atoms with Gasteiger partial charge in [-0.15, -0.1) is 36.2 Å². The van der Waals surface area contributed by atoms with Crippen molar-refractivity contribution in [3.8, 4) is 0 Å². The minimum atomic E-state index is 0. The number of nitrogens with zero attached hydrogens (tertiary/aromatic N) is 1. The lowest BCUT2D eigenvalue weighted by atomic mass is 9.92. The van der Waals surface area contributed by atoms with Gasteiger partial charge in [0.25, 0.3) is 0 Å². The zero-order valence-electron chi connectivity index (χ0n) is 11.3. The summed E-state index contributed by atoms with van der Waals surface area (Å²) in [5.74, 6) is 0.532. The lowest BCUT2D eigenvalue weighted by Crippen LogP contribution is -2.34. The largest absolute Gasteiger partial charge is 0.355 e. The zero-order valence-corrected chi connectivity index (χ0v) is 13.7. The van der Waals surface area contributed by atoms with Gasteiger partial charge in [0.05, 0.1) is 5.01 Å². The van der Waals surface area contributed by atoms with E-state index in [2.05, 4.69) is 15.6 Å². The van der Waals surface area contributed by atoms with E-state index < -0.39 is 0 Å². The number of thiazole rings is 1. The minimum absolute atomic E-state index is 0. The van der Waals surface area contributed by atoms with Gasteiger partial charge in [-0.05, 0) is 37.8 Å². The Balaban J connectivity index is 0.000001000. The van der Waals surface area contributed by atoms with Gasteiger partial charge < -0.3 is 10.6 Å². The van der Waals surface area contributed by atoms with Crippen LogP contribution in [0.2, 0.25) is 0 Å². The first kappa shape index (κ1) is 17.7. The van der Waals surface area contributed by atoms with Crippen molar-refractivity contribution < 1.29 is 4.79 Å². The molecule has 4 nitrogen and oxygen atoms in total. The monoisotopic (exact) mass is 337 g/mol. The number of rotatable bonds is 4. The molecule has 1 aliphatic heterocycles. The first-order chi connectivity index (χ1) is 8.80. The third-order valence-electron chi connectivity index (χ3n) is 4.23. The molecule has 1 amide bonds. The van der Waals surface area contributed by atoms with Crippen LogP contribution in [0.5, 0.6) is 0 Å². The van der Waals surface area contributed by atoms with Crippen molar-refractivity contribution >= 4 is 42.1 Å². The second-order valence-electron chi connectivity index (χ2n) is 5.34. The molecule has 1 atom stereocenters. The standard InChI is InChI=1S/C13H19N3OS.2ClH/c17-12(16-4-1-11-15-7-8-18-11)10-9-13(10)2-5-14-6-3-13;;/h7-8,10,14H,1-6,9H2,(H,16,17);2*1H. The van der Waals surface area contributed by atoms with E-state index in [4.69, 9.17) is 0 Å². The Hall–Kier alpha value is -0.360. The van der Waals surface area contributed by atoms with E-state index in [1.807, 2.05) is 11.6 Å². The van der Waals surface area contributed by atoms with Crippen molar-refractivity contribution in [3.63, 3.8) is 0 Å². The summed E-state index contributed by atoms with van der Waals surface area (Å²) < 4.78 is 0. The predicted octanol–water partition coefficient (Wildman–Crippen LogP) is 2.04. The SMILES string of the molecule is Cl.Cl.O=C(NCCc1nccs1)C1CC12CCNCC2. The highest BCUT2D eigenvalue weighted by Crippen LogP contribution is 2.58. The summed E-state index contributed by atoms with van der Waals surface area (Å²) in [7, 11) is 0. The molecule has 1 aromatic heterocycles. The van der Waals surface area contributed by atoms with Crippen molar-refractivity contribution in [1.29, 1.82) is 0 Å². The Bertz CT molecular complexity index is 421. The van der Waals surface area contributed by atoms with Crippen LogP contribution in [-0.2, 0) is 11.2 Å². The molecule has 1 saturated carbocycles. The van der Waals surface area contributed by atoms with Crippen LogP contribution >= 0.6 is 36.2 Å². The maximum Gasteiger partial charge on any atom is 0.223 e. The van der Waals surface area contributed by atoms with Crippen LogP contribution in [0.4, 0.5) is 0 Å². The number of halogens is 2. The number of carbonyl (C=O) groups excluding carboxylic acids is 1. The highest BCUT2D eigenvalue weighted by molar-refractivity contribution is 7.09. The molecule has 1 saturated heterocycles. The van der Waals surface area contributed by atoms with E-state index >= 15 is 0 Å². The zero-order chi connectivity index (χ0) is 12.4. The minimum Gasteiger partial charge on any atom is -0.355 e. The molecular weight excluding hydrogens is 317 g/mol. The molecule has 2 fully saturated rings.